The van der Waals surface area contributed by atoms with Crippen LogP contribution < -0.4 is 15.6 Å². The Morgan fingerprint density at radius 1 is 1.31 bits per heavy atom. The zero-order valence-corrected chi connectivity index (χ0v) is 20.7. The van der Waals surface area contributed by atoms with Crippen molar-refractivity contribution < 1.29 is 5.11 Å². The number of hydrogen-bond donors (Lipinski definition) is 3. The summed E-state index contributed by atoms with van der Waals surface area (Å²) in [5, 5.41) is 22.7. The van der Waals surface area contributed by atoms with Gasteiger partial charge in [-0.1, -0.05) is 43.6 Å². The van der Waals surface area contributed by atoms with Crippen molar-refractivity contribution in [2.75, 3.05) is 16.3 Å². The molecule has 3 heterocycles. The minimum absolute atomic E-state index is 0.0713. The molecular weight excluding hydrogens is 460 g/mol. The molecule has 0 unspecified atom stereocenters. The van der Waals surface area contributed by atoms with Gasteiger partial charge in [-0.2, -0.15) is 5.10 Å². The Labute approximate surface area is 200 Å². The van der Waals surface area contributed by atoms with E-state index in [1.54, 1.807) is 11.9 Å². The molecule has 3 N–H and O–H groups in total. The zero-order valence-electron chi connectivity index (χ0n) is 18.2. The van der Waals surface area contributed by atoms with E-state index in [0.29, 0.717) is 23.9 Å². The predicted molar refractivity (Wildman–Crippen MR) is 139 cm³/mol. The normalized spacial score (nSPS) is 14.5. The highest BCUT2D eigenvalue weighted by atomic mass is 32.2. The third kappa shape index (κ3) is 4.69. The molecule has 1 aliphatic carbocycles. The van der Waals surface area contributed by atoms with Gasteiger partial charge in [-0.3, -0.25) is 4.79 Å². The maximum Gasteiger partial charge on any atom is 0.279 e. The molecule has 32 heavy (non-hydrogen) atoms. The topological polar surface area (TPSA) is 79.2 Å². The fourth-order valence-corrected chi connectivity index (χ4v) is 5.31. The molecule has 0 spiro atoms. The number of nitrogens with one attached hydrogen (secondary N) is 2. The van der Waals surface area contributed by atoms with Crippen LogP contribution in [0.25, 0.3) is 16.3 Å². The molecule has 1 aromatic carbocycles. The summed E-state index contributed by atoms with van der Waals surface area (Å²) in [7, 11) is 0. The number of thioether (sulfide) groups is 1. The van der Waals surface area contributed by atoms with Crippen LogP contribution in [-0.4, -0.2) is 21.1 Å². The van der Waals surface area contributed by atoms with E-state index in [1.807, 2.05) is 55.2 Å². The van der Waals surface area contributed by atoms with Crippen LogP contribution in [0, 0.1) is 5.92 Å². The first-order valence-electron chi connectivity index (χ1n) is 10.6. The first-order valence-corrected chi connectivity index (χ1v) is 13.6. The first kappa shape index (κ1) is 22.8. The van der Waals surface area contributed by atoms with E-state index in [9.17, 15) is 9.90 Å². The number of fused-ring (bicyclic) bond motifs is 1. The standard InChI is InChI=1S/C21H20N4O2S3.C2H6/c1-28-24-13-6-7-14-17(9-13)30-11-15(22-14)18-20(26)19(16-3-2-8-29-16)23-25(21(18)27)10-12-4-5-12;1-2/h2-3,6-9,11-12,22,24,26H,4-5,10H2,1H3;1-2H3. The van der Waals surface area contributed by atoms with E-state index in [0.717, 1.165) is 34.0 Å². The lowest BCUT2D eigenvalue weighted by Crippen LogP contribution is -2.28. The van der Waals surface area contributed by atoms with E-state index in [4.69, 9.17) is 0 Å². The number of anilines is 2. The quantitative estimate of drug-likeness (QED) is 0.352. The molecule has 5 rings (SSSR count). The predicted octanol–water partition coefficient (Wildman–Crippen LogP) is 6.32. The number of hydrogen-bond acceptors (Lipinski definition) is 8. The SMILES string of the molecule is CC.CSNc1ccc2c(c1)SC=C(c1c(O)c(-c3cccs3)nn(CC3CC3)c1=O)N2. The zero-order chi connectivity index (χ0) is 22.7. The largest absolute Gasteiger partial charge is 0.505 e. The molecule has 0 radical (unpaired) electrons. The number of aromatic hydroxyl groups is 1. The van der Waals surface area contributed by atoms with Crippen LogP contribution in [0.5, 0.6) is 5.75 Å². The Bertz CT molecular complexity index is 1180. The number of thiophene rings is 1. The van der Waals surface area contributed by atoms with Crippen LogP contribution in [0.4, 0.5) is 11.4 Å². The van der Waals surface area contributed by atoms with Crippen molar-refractivity contribution in [2.45, 2.75) is 38.1 Å². The summed E-state index contributed by atoms with van der Waals surface area (Å²) < 4.78 is 4.75. The van der Waals surface area contributed by atoms with Gasteiger partial charge >= 0.3 is 0 Å². The summed E-state index contributed by atoms with van der Waals surface area (Å²) in [5.41, 5.74) is 3.00. The molecule has 0 atom stereocenters. The summed E-state index contributed by atoms with van der Waals surface area (Å²) in [6.45, 7) is 4.59. The molecule has 0 amide bonds. The fraction of sp³-hybridized carbons (Fsp3) is 0.304. The Hall–Kier alpha value is -2.36. The number of aromatic nitrogens is 2. The van der Waals surface area contributed by atoms with Crippen LogP contribution >= 0.6 is 35.0 Å². The maximum atomic E-state index is 13.3. The van der Waals surface area contributed by atoms with Crippen LogP contribution in [-0.2, 0) is 6.54 Å². The monoisotopic (exact) mass is 486 g/mol. The lowest BCUT2D eigenvalue weighted by molar-refractivity contribution is 0.455. The average Bonchev–Trinajstić information content (AvgIpc) is 3.47. The second-order valence-corrected chi connectivity index (χ2v) is 9.74. The Morgan fingerprint density at radius 3 is 2.81 bits per heavy atom. The van der Waals surface area contributed by atoms with Crippen molar-refractivity contribution >= 4 is 52.1 Å². The first-order chi connectivity index (χ1) is 15.6. The van der Waals surface area contributed by atoms with Crippen molar-refractivity contribution in [3.05, 3.63) is 57.0 Å². The van der Waals surface area contributed by atoms with Crippen molar-refractivity contribution in [1.29, 1.82) is 0 Å². The second-order valence-electron chi connectivity index (χ2n) is 7.27. The van der Waals surface area contributed by atoms with Crippen LogP contribution in [0.2, 0.25) is 0 Å². The molecule has 3 aromatic rings. The molecule has 1 aliphatic heterocycles. The lowest BCUT2D eigenvalue weighted by atomic mass is 10.1. The summed E-state index contributed by atoms with van der Waals surface area (Å²) in [5.74, 6) is 0.424. The molecule has 0 saturated heterocycles. The molecule has 0 bridgehead atoms. The van der Waals surface area contributed by atoms with Crippen LogP contribution in [0.1, 0.15) is 32.3 Å². The van der Waals surface area contributed by atoms with Crippen molar-refractivity contribution in [3.8, 4) is 16.3 Å². The van der Waals surface area contributed by atoms with Gasteiger partial charge in [-0.15, -0.1) is 11.3 Å². The highest BCUT2D eigenvalue weighted by molar-refractivity contribution is 8.02. The molecule has 168 valence electrons. The van der Waals surface area contributed by atoms with Crippen LogP contribution in [0.3, 0.4) is 0 Å². The number of benzene rings is 1. The van der Waals surface area contributed by atoms with Gasteiger partial charge in [-0.05, 0) is 48.4 Å². The van der Waals surface area contributed by atoms with Gasteiger partial charge in [0.25, 0.3) is 5.56 Å². The van der Waals surface area contributed by atoms with Crippen molar-refractivity contribution in [2.24, 2.45) is 5.92 Å². The summed E-state index contributed by atoms with van der Waals surface area (Å²) >= 11 is 4.57. The third-order valence-electron chi connectivity index (χ3n) is 5.06. The number of nitrogens with zero attached hydrogens (tertiary/aromatic N) is 2. The summed E-state index contributed by atoms with van der Waals surface area (Å²) in [4.78, 5) is 15.2. The van der Waals surface area contributed by atoms with Gasteiger partial charge in [0.05, 0.1) is 16.3 Å². The Morgan fingerprint density at radius 2 is 2.12 bits per heavy atom. The minimum atomic E-state index is -0.261. The van der Waals surface area contributed by atoms with Gasteiger partial charge < -0.3 is 15.1 Å². The minimum Gasteiger partial charge on any atom is -0.505 e. The molecule has 1 fully saturated rings. The maximum absolute atomic E-state index is 13.3. The Kier molecular flexibility index (Phi) is 7.17. The molecule has 9 heteroatoms. The van der Waals surface area contributed by atoms with Gasteiger partial charge in [-0.25, -0.2) is 4.68 Å². The molecule has 6 nitrogen and oxygen atoms in total. The number of rotatable bonds is 6. The van der Waals surface area contributed by atoms with Gasteiger partial charge in [0.2, 0.25) is 0 Å². The molecule has 2 aromatic heterocycles. The van der Waals surface area contributed by atoms with E-state index in [1.165, 1.54) is 27.8 Å². The average molecular weight is 487 g/mol. The summed E-state index contributed by atoms with van der Waals surface area (Å²) in [6.07, 6.45) is 4.22. The second kappa shape index (κ2) is 10.1. The highest BCUT2D eigenvalue weighted by Gasteiger charge is 2.28. The molecule has 1 saturated carbocycles. The van der Waals surface area contributed by atoms with E-state index in [-0.39, 0.29) is 16.9 Å². The van der Waals surface area contributed by atoms with E-state index < -0.39 is 0 Å². The molecular formula is C23H26N4O2S3. The van der Waals surface area contributed by atoms with Crippen LogP contribution in [0.15, 0.2) is 50.8 Å². The van der Waals surface area contributed by atoms with Gasteiger partial charge in [0.15, 0.2) is 5.75 Å². The summed E-state index contributed by atoms with van der Waals surface area (Å²) in [6, 6.07) is 9.86. The fourth-order valence-electron chi connectivity index (χ4n) is 3.38. The van der Waals surface area contributed by atoms with Crippen molar-refractivity contribution in [3.63, 3.8) is 0 Å². The van der Waals surface area contributed by atoms with Gasteiger partial charge in [0.1, 0.15) is 11.3 Å². The van der Waals surface area contributed by atoms with Crippen molar-refractivity contribution in [1.82, 2.24) is 9.78 Å². The smallest absolute Gasteiger partial charge is 0.279 e. The van der Waals surface area contributed by atoms with Gasteiger partial charge in [0, 0.05) is 28.8 Å². The Balaban J connectivity index is 0.00000119. The molecule has 2 aliphatic rings. The van der Waals surface area contributed by atoms with E-state index >= 15 is 0 Å². The van der Waals surface area contributed by atoms with E-state index in [2.05, 4.69) is 21.2 Å². The lowest BCUT2D eigenvalue weighted by Gasteiger charge is -2.21. The highest BCUT2D eigenvalue weighted by Crippen LogP contribution is 2.42. The third-order valence-corrected chi connectivity index (χ3v) is 7.32.